The number of benzene rings is 1. The molecular formula is C15H19NO. The van der Waals surface area contributed by atoms with E-state index in [1.807, 2.05) is 6.20 Å². The number of aryl methyl sites for hydroxylation is 2. The third-order valence-corrected chi connectivity index (χ3v) is 3.03. The van der Waals surface area contributed by atoms with E-state index in [2.05, 4.69) is 44.0 Å². The molecule has 0 aliphatic rings. The van der Waals surface area contributed by atoms with E-state index < -0.39 is 0 Å². The Morgan fingerprint density at radius 2 is 2.06 bits per heavy atom. The van der Waals surface area contributed by atoms with Crippen LogP contribution in [0.25, 0.3) is 10.9 Å². The minimum atomic E-state index is 0.751. The van der Waals surface area contributed by atoms with Gasteiger partial charge in [-0.2, -0.15) is 0 Å². The number of aromatic nitrogens is 1. The van der Waals surface area contributed by atoms with Gasteiger partial charge in [-0.25, -0.2) is 0 Å². The van der Waals surface area contributed by atoms with Gasteiger partial charge in [0.05, 0.1) is 18.3 Å². The van der Waals surface area contributed by atoms with Crippen molar-refractivity contribution in [3.8, 4) is 5.75 Å². The summed E-state index contributed by atoms with van der Waals surface area (Å²) >= 11 is 0. The van der Waals surface area contributed by atoms with Gasteiger partial charge in [-0.05, 0) is 37.5 Å². The van der Waals surface area contributed by atoms with E-state index in [1.165, 1.54) is 16.5 Å². The summed E-state index contributed by atoms with van der Waals surface area (Å²) in [5.41, 5.74) is 3.58. The zero-order chi connectivity index (χ0) is 12.3. The summed E-state index contributed by atoms with van der Waals surface area (Å²) < 4.78 is 5.71. The maximum atomic E-state index is 5.71. The molecule has 0 saturated carbocycles. The molecule has 2 nitrogen and oxygen atoms in total. The largest absolute Gasteiger partial charge is 0.492 e. The van der Waals surface area contributed by atoms with Gasteiger partial charge >= 0.3 is 0 Å². The predicted molar refractivity (Wildman–Crippen MR) is 71.6 cm³/mol. The summed E-state index contributed by atoms with van der Waals surface area (Å²) in [6.07, 6.45) is 3.90. The van der Waals surface area contributed by atoms with Crippen LogP contribution in [-0.2, 0) is 6.42 Å². The second kappa shape index (κ2) is 5.17. The number of nitrogens with zero attached hydrogens (tertiary/aromatic N) is 1. The predicted octanol–water partition coefficient (Wildman–Crippen LogP) is 3.89. The lowest BCUT2D eigenvalue weighted by Gasteiger charge is -2.10. The molecule has 2 heteroatoms. The van der Waals surface area contributed by atoms with Crippen molar-refractivity contribution in [1.82, 2.24) is 4.98 Å². The zero-order valence-corrected chi connectivity index (χ0v) is 10.8. The van der Waals surface area contributed by atoms with Crippen molar-refractivity contribution in [3.63, 3.8) is 0 Å². The first-order valence-corrected chi connectivity index (χ1v) is 6.27. The molecule has 0 amide bonds. The first-order valence-electron chi connectivity index (χ1n) is 6.27. The van der Waals surface area contributed by atoms with Crippen LogP contribution in [0.4, 0.5) is 0 Å². The molecule has 90 valence electrons. The zero-order valence-electron chi connectivity index (χ0n) is 10.8. The van der Waals surface area contributed by atoms with Crippen LogP contribution in [-0.4, -0.2) is 11.6 Å². The van der Waals surface area contributed by atoms with Crippen molar-refractivity contribution in [2.75, 3.05) is 6.61 Å². The number of fused-ring (bicyclic) bond motifs is 1. The average Bonchev–Trinajstić information content (AvgIpc) is 2.38. The molecule has 0 spiro atoms. The van der Waals surface area contributed by atoms with E-state index in [9.17, 15) is 0 Å². The SMILES string of the molecule is CCCOc1cnc2ccc(CC)cc2c1C. The molecule has 0 radical (unpaired) electrons. The van der Waals surface area contributed by atoms with Gasteiger partial charge in [0.1, 0.15) is 5.75 Å². The number of ether oxygens (including phenoxy) is 1. The van der Waals surface area contributed by atoms with Gasteiger partial charge in [0.2, 0.25) is 0 Å². The summed E-state index contributed by atoms with van der Waals surface area (Å²) in [5, 5.41) is 1.21. The Labute approximate surface area is 103 Å². The molecular weight excluding hydrogens is 210 g/mol. The molecule has 2 aromatic rings. The minimum absolute atomic E-state index is 0.751. The third-order valence-electron chi connectivity index (χ3n) is 3.03. The van der Waals surface area contributed by atoms with Crippen LogP contribution >= 0.6 is 0 Å². The van der Waals surface area contributed by atoms with Gasteiger partial charge in [0, 0.05) is 10.9 Å². The van der Waals surface area contributed by atoms with E-state index in [-0.39, 0.29) is 0 Å². The van der Waals surface area contributed by atoms with Crippen LogP contribution in [0.15, 0.2) is 24.4 Å². The van der Waals surface area contributed by atoms with Crippen LogP contribution in [0.1, 0.15) is 31.4 Å². The Kier molecular flexibility index (Phi) is 3.62. The standard InChI is InChI=1S/C15H19NO/c1-4-8-17-15-10-16-14-7-6-12(5-2)9-13(14)11(15)3/h6-7,9-10H,4-5,8H2,1-3H3. The molecule has 1 heterocycles. The summed E-state index contributed by atoms with van der Waals surface area (Å²) in [6.45, 7) is 7.14. The fourth-order valence-corrected chi connectivity index (χ4v) is 1.93. The molecule has 1 aromatic heterocycles. The molecule has 0 unspecified atom stereocenters. The van der Waals surface area contributed by atoms with Gasteiger partial charge in [0.15, 0.2) is 0 Å². The van der Waals surface area contributed by atoms with Crippen molar-refractivity contribution in [2.24, 2.45) is 0 Å². The second-order valence-corrected chi connectivity index (χ2v) is 4.30. The summed E-state index contributed by atoms with van der Waals surface area (Å²) in [7, 11) is 0. The van der Waals surface area contributed by atoms with Crippen LogP contribution < -0.4 is 4.74 Å². The van der Waals surface area contributed by atoms with Crippen LogP contribution in [0.2, 0.25) is 0 Å². The molecule has 0 bridgehead atoms. The highest BCUT2D eigenvalue weighted by atomic mass is 16.5. The van der Waals surface area contributed by atoms with Crippen molar-refractivity contribution < 1.29 is 4.74 Å². The first-order chi connectivity index (χ1) is 8.26. The van der Waals surface area contributed by atoms with E-state index in [1.54, 1.807) is 0 Å². The highest BCUT2D eigenvalue weighted by Gasteiger charge is 2.06. The lowest BCUT2D eigenvalue weighted by atomic mass is 10.1. The van der Waals surface area contributed by atoms with Crippen LogP contribution in [0, 0.1) is 6.92 Å². The molecule has 1 aromatic carbocycles. The van der Waals surface area contributed by atoms with Crippen molar-refractivity contribution in [3.05, 3.63) is 35.5 Å². The monoisotopic (exact) mass is 229 g/mol. The number of rotatable bonds is 4. The topological polar surface area (TPSA) is 22.1 Å². The molecule has 0 N–H and O–H groups in total. The van der Waals surface area contributed by atoms with Crippen molar-refractivity contribution in [1.29, 1.82) is 0 Å². The first kappa shape index (κ1) is 11.9. The molecule has 0 aliphatic carbocycles. The van der Waals surface area contributed by atoms with E-state index in [4.69, 9.17) is 4.74 Å². The Morgan fingerprint density at radius 1 is 1.24 bits per heavy atom. The number of hydrogen-bond donors (Lipinski definition) is 0. The number of hydrogen-bond acceptors (Lipinski definition) is 2. The van der Waals surface area contributed by atoms with Gasteiger partial charge in [0.25, 0.3) is 0 Å². The van der Waals surface area contributed by atoms with Gasteiger partial charge in [-0.15, -0.1) is 0 Å². The highest BCUT2D eigenvalue weighted by molar-refractivity contribution is 5.84. The highest BCUT2D eigenvalue weighted by Crippen LogP contribution is 2.26. The summed E-state index contributed by atoms with van der Waals surface area (Å²) in [6, 6.07) is 6.45. The van der Waals surface area contributed by atoms with Crippen LogP contribution in [0.3, 0.4) is 0 Å². The van der Waals surface area contributed by atoms with Gasteiger partial charge in [-0.1, -0.05) is 19.9 Å². The smallest absolute Gasteiger partial charge is 0.141 e. The quantitative estimate of drug-likeness (QED) is 0.793. The molecule has 2 rings (SSSR count). The Balaban J connectivity index is 2.48. The maximum Gasteiger partial charge on any atom is 0.141 e. The van der Waals surface area contributed by atoms with Gasteiger partial charge < -0.3 is 4.74 Å². The van der Waals surface area contributed by atoms with Crippen molar-refractivity contribution in [2.45, 2.75) is 33.6 Å². The van der Waals surface area contributed by atoms with E-state index in [0.717, 1.165) is 30.7 Å². The summed E-state index contributed by atoms with van der Waals surface area (Å²) in [4.78, 5) is 4.45. The lowest BCUT2D eigenvalue weighted by Crippen LogP contribution is -1.98. The fourth-order valence-electron chi connectivity index (χ4n) is 1.93. The molecule has 0 saturated heterocycles. The summed E-state index contributed by atoms with van der Waals surface area (Å²) in [5.74, 6) is 0.910. The molecule has 0 atom stereocenters. The maximum absolute atomic E-state index is 5.71. The number of pyridine rings is 1. The minimum Gasteiger partial charge on any atom is -0.492 e. The molecule has 0 aliphatic heterocycles. The Hall–Kier alpha value is -1.57. The second-order valence-electron chi connectivity index (χ2n) is 4.30. The van der Waals surface area contributed by atoms with E-state index >= 15 is 0 Å². The Bertz CT molecular complexity index is 520. The average molecular weight is 229 g/mol. The molecule has 17 heavy (non-hydrogen) atoms. The normalized spacial score (nSPS) is 10.8. The third kappa shape index (κ3) is 2.41. The van der Waals surface area contributed by atoms with Crippen LogP contribution in [0.5, 0.6) is 5.75 Å². The van der Waals surface area contributed by atoms with Crippen molar-refractivity contribution >= 4 is 10.9 Å². The van der Waals surface area contributed by atoms with Gasteiger partial charge in [-0.3, -0.25) is 4.98 Å². The molecule has 0 fully saturated rings. The fraction of sp³-hybridized carbons (Fsp3) is 0.400. The lowest BCUT2D eigenvalue weighted by molar-refractivity contribution is 0.315. The van der Waals surface area contributed by atoms with E-state index in [0.29, 0.717) is 0 Å². The Morgan fingerprint density at radius 3 is 2.76 bits per heavy atom.